The Hall–Kier alpha value is -3.08. The molecule has 0 N–H and O–H groups in total. The number of para-hydroxylation sites is 1. The number of rotatable bonds is 5. The molecule has 5 nitrogen and oxygen atoms in total. The van der Waals surface area contributed by atoms with Gasteiger partial charge in [0.25, 0.3) is 5.56 Å². The highest BCUT2D eigenvalue weighted by Gasteiger charge is 2.18. The number of fused-ring (bicyclic) bond motifs is 2. The van der Waals surface area contributed by atoms with Crippen LogP contribution in [0.1, 0.15) is 43.9 Å². The highest BCUT2D eigenvalue weighted by atomic mass is 16.2. The van der Waals surface area contributed by atoms with Crippen molar-refractivity contribution in [3.05, 3.63) is 80.6 Å². The van der Waals surface area contributed by atoms with E-state index in [4.69, 9.17) is 0 Å². The number of benzene rings is 2. The first-order valence-corrected chi connectivity index (χ1v) is 10.2. The molecule has 0 radical (unpaired) electrons. The molecule has 0 amide bonds. The summed E-state index contributed by atoms with van der Waals surface area (Å²) >= 11 is 0. The van der Waals surface area contributed by atoms with E-state index in [1.165, 1.54) is 15.5 Å². The quantitative estimate of drug-likeness (QED) is 0.509. The molecule has 0 aliphatic rings. The number of aryl methyl sites for hydroxylation is 2. The van der Waals surface area contributed by atoms with Gasteiger partial charge in [-0.3, -0.25) is 13.9 Å². The Morgan fingerprint density at radius 1 is 1.00 bits per heavy atom. The van der Waals surface area contributed by atoms with Crippen molar-refractivity contribution in [3.8, 4) is 0 Å². The van der Waals surface area contributed by atoms with Crippen LogP contribution in [0.25, 0.3) is 21.8 Å². The van der Waals surface area contributed by atoms with Gasteiger partial charge >= 0.3 is 5.69 Å². The van der Waals surface area contributed by atoms with Crippen LogP contribution in [-0.2, 0) is 13.6 Å². The highest BCUT2D eigenvalue weighted by Crippen LogP contribution is 2.25. The average molecular weight is 389 g/mol. The van der Waals surface area contributed by atoms with Crippen molar-refractivity contribution in [1.29, 1.82) is 0 Å². The monoisotopic (exact) mass is 389 g/mol. The fourth-order valence-corrected chi connectivity index (χ4v) is 4.45. The highest BCUT2D eigenvalue weighted by molar-refractivity contribution is 5.87. The zero-order valence-electron chi connectivity index (χ0n) is 17.5. The predicted octanol–water partition coefficient (Wildman–Crippen LogP) is 4.37. The molecule has 4 rings (SSSR count). The number of hydrogen-bond acceptors (Lipinski definition) is 2. The average Bonchev–Trinajstić information content (AvgIpc) is 3.02. The van der Waals surface area contributed by atoms with E-state index in [0.717, 1.165) is 23.9 Å². The number of nitrogens with zero attached hydrogens (tertiary/aromatic N) is 3. The van der Waals surface area contributed by atoms with Crippen molar-refractivity contribution in [3.63, 3.8) is 0 Å². The summed E-state index contributed by atoms with van der Waals surface area (Å²) in [6.07, 6.45) is 3.80. The summed E-state index contributed by atoms with van der Waals surface area (Å²) in [6.45, 7) is 6.55. The lowest BCUT2D eigenvalue weighted by atomic mass is 10.1. The van der Waals surface area contributed by atoms with Gasteiger partial charge in [0.05, 0.1) is 17.4 Å². The van der Waals surface area contributed by atoms with Crippen molar-refractivity contribution >= 4 is 21.8 Å². The summed E-state index contributed by atoms with van der Waals surface area (Å²) in [5, 5.41) is 1.76. The second-order valence-corrected chi connectivity index (χ2v) is 7.93. The molecule has 150 valence electrons. The summed E-state index contributed by atoms with van der Waals surface area (Å²) in [4.78, 5) is 26.6. The van der Waals surface area contributed by atoms with Crippen LogP contribution in [0.4, 0.5) is 0 Å². The van der Waals surface area contributed by atoms with Gasteiger partial charge in [0.1, 0.15) is 0 Å². The lowest BCUT2D eigenvalue weighted by molar-refractivity contribution is 0.455. The molecule has 1 atom stereocenters. The van der Waals surface area contributed by atoms with Gasteiger partial charge in [-0.15, -0.1) is 0 Å². The molecule has 0 unspecified atom stereocenters. The molecule has 0 aliphatic carbocycles. The van der Waals surface area contributed by atoms with Gasteiger partial charge in [-0.05, 0) is 49.6 Å². The van der Waals surface area contributed by atoms with E-state index in [1.54, 1.807) is 4.57 Å². The molecule has 0 bridgehead atoms. The van der Waals surface area contributed by atoms with E-state index >= 15 is 0 Å². The van der Waals surface area contributed by atoms with Crippen molar-refractivity contribution in [2.75, 3.05) is 0 Å². The minimum absolute atomic E-state index is 0.134. The minimum Gasteiger partial charge on any atom is -0.350 e. The Morgan fingerprint density at radius 3 is 2.48 bits per heavy atom. The normalized spacial score (nSPS) is 12.7. The Balaban J connectivity index is 2.00. The lowest BCUT2D eigenvalue weighted by Gasteiger charge is -2.18. The maximum atomic E-state index is 13.5. The Kier molecular flexibility index (Phi) is 4.91. The number of hydrogen-bond donors (Lipinski definition) is 0. The van der Waals surface area contributed by atoms with Gasteiger partial charge in [0.15, 0.2) is 0 Å². The number of aromatic nitrogens is 3. The second-order valence-electron chi connectivity index (χ2n) is 7.93. The third-order valence-corrected chi connectivity index (χ3v) is 5.86. The molecule has 2 aromatic heterocycles. The smallest absolute Gasteiger partial charge is 0.332 e. The largest absolute Gasteiger partial charge is 0.350 e. The summed E-state index contributed by atoms with van der Waals surface area (Å²) < 4.78 is 5.29. The Labute approximate surface area is 169 Å². The zero-order chi connectivity index (χ0) is 20.7. The Bertz CT molecular complexity index is 1320. The van der Waals surface area contributed by atoms with E-state index < -0.39 is 0 Å². The minimum atomic E-state index is -0.236. The van der Waals surface area contributed by atoms with Crippen molar-refractivity contribution in [1.82, 2.24) is 13.7 Å². The summed E-state index contributed by atoms with van der Waals surface area (Å²) in [5.74, 6) is 0. The van der Waals surface area contributed by atoms with Gasteiger partial charge < -0.3 is 4.57 Å². The molecule has 4 aromatic rings. The summed E-state index contributed by atoms with van der Waals surface area (Å²) in [5.41, 5.74) is 3.67. The predicted molar refractivity (Wildman–Crippen MR) is 119 cm³/mol. The van der Waals surface area contributed by atoms with Crippen LogP contribution < -0.4 is 11.2 Å². The molecule has 2 heterocycles. The van der Waals surface area contributed by atoms with E-state index in [1.807, 2.05) is 38.2 Å². The van der Waals surface area contributed by atoms with Gasteiger partial charge in [-0.25, -0.2) is 4.79 Å². The van der Waals surface area contributed by atoms with Crippen LogP contribution in [0.2, 0.25) is 0 Å². The topological polar surface area (TPSA) is 48.9 Å². The third-order valence-electron chi connectivity index (χ3n) is 5.86. The maximum absolute atomic E-state index is 13.5. The van der Waals surface area contributed by atoms with Crippen molar-refractivity contribution < 1.29 is 0 Å². The van der Waals surface area contributed by atoms with Crippen LogP contribution in [0.3, 0.4) is 0 Å². The van der Waals surface area contributed by atoms with Gasteiger partial charge in [0.2, 0.25) is 0 Å². The van der Waals surface area contributed by atoms with Crippen molar-refractivity contribution in [2.24, 2.45) is 7.05 Å². The molecular weight excluding hydrogens is 362 g/mol. The van der Waals surface area contributed by atoms with Crippen LogP contribution >= 0.6 is 0 Å². The maximum Gasteiger partial charge on any atom is 0.332 e. The van der Waals surface area contributed by atoms with E-state index in [0.29, 0.717) is 17.4 Å². The molecule has 0 fully saturated rings. The van der Waals surface area contributed by atoms with Gasteiger partial charge in [-0.1, -0.05) is 37.6 Å². The van der Waals surface area contributed by atoms with Crippen LogP contribution in [0.5, 0.6) is 0 Å². The molecule has 0 spiro atoms. The first-order valence-electron chi connectivity index (χ1n) is 10.2. The van der Waals surface area contributed by atoms with Gasteiger partial charge in [0, 0.05) is 30.2 Å². The van der Waals surface area contributed by atoms with Crippen LogP contribution in [0, 0.1) is 6.92 Å². The first kappa shape index (κ1) is 19.2. The Morgan fingerprint density at radius 2 is 1.72 bits per heavy atom. The summed E-state index contributed by atoms with van der Waals surface area (Å²) in [7, 11) is 2.02. The van der Waals surface area contributed by atoms with Crippen molar-refractivity contribution in [2.45, 2.75) is 46.2 Å². The molecule has 2 aromatic carbocycles. The summed E-state index contributed by atoms with van der Waals surface area (Å²) in [6, 6.07) is 13.5. The molecular formula is C24H27N3O2. The van der Waals surface area contributed by atoms with Gasteiger partial charge in [-0.2, -0.15) is 0 Å². The molecule has 29 heavy (non-hydrogen) atoms. The van der Waals surface area contributed by atoms with Crippen LogP contribution in [0.15, 0.2) is 58.3 Å². The van der Waals surface area contributed by atoms with E-state index in [2.05, 4.69) is 42.8 Å². The zero-order valence-corrected chi connectivity index (χ0v) is 17.5. The third kappa shape index (κ3) is 3.11. The molecule has 0 saturated heterocycles. The standard InChI is InChI=1S/C24H27N3O2/c1-5-9-17(3)27-23(28)19-11-6-7-12-20(19)26(24(27)29)15-18-14-25(4)21-13-8-10-16(2)22(18)21/h6-8,10-14,17H,5,9,15H2,1-4H3/t17-/m1/s1. The molecule has 0 saturated carbocycles. The fourth-order valence-electron chi connectivity index (χ4n) is 4.45. The first-order chi connectivity index (χ1) is 13.9. The second kappa shape index (κ2) is 7.39. The van der Waals surface area contributed by atoms with E-state index in [9.17, 15) is 9.59 Å². The SMILES string of the molecule is CCC[C@@H](C)n1c(=O)c2ccccc2n(Cc2cn(C)c3cccc(C)c23)c1=O. The lowest BCUT2D eigenvalue weighted by Crippen LogP contribution is -2.41. The van der Waals surface area contributed by atoms with E-state index in [-0.39, 0.29) is 17.3 Å². The van der Waals surface area contributed by atoms with Crippen LogP contribution in [-0.4, -0.2) is 13.7 Å². The fraction of sp³-hybridized carbons (Fsp3) is 0.333. The molecule has 5 heteroatoms. The molecule has 0 aliphatic heterocycles.